The number of halogens is 1. The topological polar surface area (TPSA) is 31.4 Å². The van der Waals surface area contributed by atoms with E-state index < -0.39 is 0 Å². The van der Waals surface area contributed by atoms with Crippen molar-refractivity contribution in [3.63, 3.8) is 0 Å². The van der Waals surface area contributed by atoms with Crippen LogP contribution in [-0.4, -0.2) is 18.7 Å². The molecule has 0 aliphatic carbocycles. The molecule has 0 N–H and O–H groups in total. The van der Waals surface area contributed by atoms with Crippen LogP contribution < -0.4 is 9.47 Å². The highest BCUT2D eigenvalue weighted by atomic mass is 79.9. The molecule has 94 valence electrons. The summed E-state index contributed by atoms with van der Waals surface area (Å²) in [5, 5.41) is 0. The summed E-state index contributed by atoms with van der Waals surface area (Å²) < 4.78 is 11.8. The fourth-order valence-electron chi connectivity index (χ4n) is 1.69. The highest BCUT2D eigenvalue weighted by Gasteiger charge is 2.07. The first kappa shape index (κ1) is 12.9. The number of hydrogen-bond donors (Lipinski definition) is 0. The van der Waals surface area contributed by atoms with Gasteiger partial charge in [0.15, 0.2) is 11.5 Å². The van der Waals surface area contributed by atoms with E-state index in [4.69, 9.17) is 9.47 Å². The second kappa shape index (κ2) is 5.87. The summed E-state index contributed by atoms with van der Waals surface area (Å²) in [5.41, 5.74) is 2.08. The number of benzene rings is 1. The monoisotopic (exact) mass is 307 g/mol. The van der Waals surface area contributed by atoms with Crippen LogP contribution in [0.3, 0.4) is 0 Å². The third-order valence-electron chi connectivity index (χ3n) is 2.50. The minimum absolute atomic E-state index is 0.608. The molecule has 2 aromatic rings. The highest BCUT2D eigenvalue weighted by Crippen LogP contribution is 2.32. The lowest BCUT2D eigenvalue weighted by Gasteiger charge is -2.11. The van der Waals surface area contributed by atoms with Crippen LogP contribution in [0.25, 0.3) is 11.1 Å². The fourth-order valence-corrected chi connectivity index (χ4v) is 2.06. The molecular formula is C14H14BrNO2. The van der Waals surface area contributed by atoms with Gasteiger partial charge in [-0.3, -0.25) is 4.98 Å². The number of pyridine rings is 1. The summed E-state index contributed by atoms with van der Waals surface area (Å²) in [5.74, 6) is 1.49. The highest BCUT2D eigenvalue weighted by molar-refractivity contribution is 9.10. The van der Waals surface area contributed by atoms with E-state index in [2.05, 4.69) is 20.9 Å². The number of methoxy groups -OCH3 is 1. The van der Waals surface area contributed by atoms with Crippen molar-refractivity contribution in [2.24, 2.45) is 0 Å². The predicted octanol–water partition coefficient (Wildman–Crippen LogP) is 3.92. The number of nitrogens with zero attached hydrogens (tertiary/aromatic N) is 1. The molecular weight excluding hydrogens is 294 g/mol. The average Bonchev–Trinajstić information content (AvgIpc) is 2.39. The third kappa shape index (κ3) is 2.82. The van der Waals surface area contributed by atoms with Crippen molar-refractivity contribution in [3.8, 4) is 22.6 Å². The second-order valence-corrected chi connectivity index (χ2v) is 4.61. The summed E-state index contributed by atoms with van der Waals surface area (Å²) >= 11 is 3.42. The molecule has 0 amide bonds. The molecule has 1 aromatic heterocycles. The Morgan fingerprint density at radius 1 is 1.11 bits per heavy atom. The van der Waals surface area contributed by atoms with E-state index in [1.165, 1.54) is 0 Å². The molecule has 0 aliphatic rings. The molecule has 0 spiro atoms. The SMILES string of the molecule is CCOc1cc(-c2cncc(Br)c2)ccc1OC. The maximum atomic E-state index is 5.56. The van der Waals surface area contributed by atoms with Gasteiger partial charge in [0.25, 0.3) is 0 Å². The van der Waals surface area contributed by atoms with Gasteiger partial charge in [-0.15, -0.1) is 0 Å². The molecule has 1 heterocycles. The molecule has 0 saturated carbocycles. The first-order valence-corrected chi connectivity index (χ1v) is 6.45. The Morgan fingerprint density at radius 3 is 2.61 bits per heavy atom. The maximum absolute atomic E-state index is 5.56. The van der Waals surface area contributed by atoms with E-state index in [0.29, 0.717) is 6.61 Å². The molecule has 3 nitrogen and oxygen atoms in total. The largest absolute Gasteiger partial charge is 0.493 e. The molecule has 18 heavy (non-hydrogen) atoms. The van der Waals surface area contributed by atoms with Gasteiger partial charge in [-0.05, 0) is 46.6 Å². The fraction of sp³-hybridized carbons (Fsp3) is 0.214. The van der Waals surface area contributed by atoms with E-state index >= 15 is 0 Å². The smallest absolute Gasteiger partial charge is 0.161 e. The molecule has 0 radical (unpaired) electrons. The van der Waals surface area contributed by atoms with Gasteiger partial charge in [0.1, 0.15) is 0 Å². The van der Waals surface area contributed by atoms with Crippen molar-refractivity contribution in [2.45, 2.75) is 6.92 Å². The maximum Gasteiger partial charge on any atom is 0.161 e. The van der Waals surface area contributed by atoms with E-state index in [0.717, 1.165) is 27.1 Å². The molecule has 0 unspecified atom stereocenters. The van der Waals surface area contributed by atoms with Crippen LogP contribution in [0.4, 0.5) is 0 Å². The van der Waals surface area contributed by atoms with E-state index in [1.807, 2.05) is 37.4 Å². The van der Waals surface area contributed by atoms with Crippen molar-refractivity contribution in [1.29, 1.82) is 0 Å². The first-order chi connectivity index (χ1) is 8.74. The van der Waals surface area contributed by atoms with Gasteiger partial charge in [-0.1, -0.05) is 6.07 Å². The van der Waals surface area contributed by atoms with Gasteiger partial charge in [-0.25, -0.2) is 0 Å². The van der Waals surface area contributed by atoms with Crippen LogP contribution in [0.2, 0.25) is 0 Å². The Bertz CT molecular complexity index is 543. The normalized spacial score (nSPS) is 10.2. The van der Waals surface area contributed by atoms with E-state index in [-0.39, 0.29) is 0 Å². The molecule has 0 aliphatic heterocycles. The van der Waals surface area contributed by atoms with Crippen molar-refractivity contribution in [1.82, 2.24) is 4.98 Å². The van der Waals surface area contributed by atoms with Gasteiger partial charge in [0.05, 0.1) is 13.7 Å². The van der Waals surface area contributed by atoms with Crippen LogP contribution in [0.1, 0.15) is 6.92 Å². The third-order valence-corrected chi connectivity index (χ3v) is 2.94. The quantitative estimate of drug-likeness (QED) is 0.858. The lowest BCUT2D eigenvalue weighted by atomic mass is 10.1. The van der Waals surface area contributed by atoms with Gasteiger partial charge >= 0.3 is 0 Å². The van der Waals surface area contributed by atoms with E-state index in [9.17, 15) is 0 Å². The zero-order valence-corrected chi connectivity index (χ0v) is 11.9. The second-order valence-electron chi connectivity index (χ2n) is 3.69. The zero-order chi connectivity index (χ0) is 13.0. The molecule has 0 fully saturated rings. The van der Waals surface area contributed by atoms with Crippen LogP contribution in [0.15, 0.2) is 41.1 Å². The van der Waals surface area contributed by atoms with Gasteiger partial charge < -0.3 is 9.47 Å². The lowest BCUT2D eigenvalue weighted by Crippen LogP contribution is -1.95. The molecule has 2 rings (SSSR count). The Balaban J connectivity index is 2.43. The Hall–Kier alpha value is -1.55. The van der Waals surface area contributed by atoms with E-state index in [1.54, 1.807) is 13.3 Å². The van der Waals surface area contributed by atoms with Gasteiger partial charge in [0.2, 0.25) is 0 Å². The standard InChI is InChI=1S/C14H14BrNO2/c1-3-18-14-7-10(4-5-13(14)17-2)11-6-12(15)9-16-8-11/h4-9H,3H2,1-2H3. The summed E-state index contributed by atoms with van der Waals surface area (Å²) in [7, 11) is 1.64. The van der Waals surface area contributed by atoms with Crippen LogP contribution in [0.5, 0.6) is 11.5 Å². The van der Waals surface area contributed by atoms with Crippen molar-refractivity contribution < 1.29 is 9.47 Å². The molecule has 0 saturated heterocycles. The predicted molar refractivity (Wildman–Crippen MR) is 75.1 cm³/mol. The van der Waals surface area contributed by atoms with Crippen molar-refractivity contribution in [3.05, 3.63) is 41.1 Å². The van der Waals surface area contributed by atoms with Gasteiger partial charge in [-0.2, -0.15) is 0 Å². The van der Waals surface area contributed by atoms with Crippen LogP contribution >= 0.6 is 15.9 Å². The molecule has 0 atom stereocenters. The van der Waals surface area contributed by atoms with Crippen molar-refractivity contribution in [2.75, 3.05) is 13.7 Å². The summed E-state index contributed by atoms with van der Waals surface area (Å²) in [6, 6.07) is 7.88. The number of hydrogen-bond acceptors (Lipinski definition) is 3. The number of aromatic nitrogens is 1. The Labute approximate surface area is 115 Å². The Kier molecular flexibility index (Phi) is 4.20. The summed E-state index contributed by atoms with van der Waals surface area (Å²) in [6.45, 7) is 2.56. The van der Waals surface area contributed by atoms with Gasteiger partial charge in [0, 0.05) is 22.4 Å². The first-order valence-electron chi connectivity index (χ1n) is 5.66. The minimum Gasteiger partial charge on any atom is -0.493 e. The molecule has 1 aromatic carbocycles. The summed E-state index contributed by atoms with van der Waals surface area (Å²) in [4.78, 5) is 4.16. The number of ether oxygens (including phenoxy) is 2. The average molecular weight is 308 g/mol. The summed E-state index contributed by atoms with van der Waals surface area (Å²) in [6.07, 6.45) is 3.58. The van der Waals surface area contributed by atoms with Crippen LogP contribution in [-0.2, 0) is 0 Å². The molecule has 0 bridgehead atoms. The minimum atomic E-state index is 0.608. The van der Waals surface area contributed by atoms with Crippen molar-refractivity contribution >= 4 is 15.9 Å². The number of rotatable bonds is 4. The lowest BCUT2D eigenvalue weighted by molar-refractivity contribution is 0.311. The Morgan fingerprint density at radius 2 is 1.94 bits per heavy atom. The van der Waals surface area contributed by atoms with Crippen LogP contribution in [0, 0.1) is 0 Å². The zero-order valence-electron chi connectivity index (χ0n) is 10.3. The molecule has 4 heteroatoms.